The van der Waals surface area contributed by atoms with Gasteiger partial charge in [0, 0.05) is 6.54 Å². The van der Waals surface area contributed by atoms with Gasteiger partial charge >= 0.3 is 0 Å². The van der Waals surface area contributed by atoms with E-state index in [1.807, 2.05) is 6.07 Å². The van der Waals surface area contributed by atoms with Crippen molar-refractivity contribution in [2.75, 3.05) is 0 Å². The number of benzene rings is 1. The lowest BCUT2D eigenvalue weighted by atomic mass is 10.0. The summed E-state index contributed by atoms with van der Waals surface area (Å²) in [4.78, 5) is 0. The average molecular weight is 165 g/mol. The van der Waals surface area contributed by atoms with Gasteiger partial charge < -0.3 is 5.73 Å². The molecule has 0 heterocycles. The summed E-state index contributed by atoms with van der Waals surface area (Å²) in [5.41, 5.74) is 7.35. The van der Waals surface area contributed by atoms with Crippen molar-refractivity contribution >= 4 is 0 Å². The maximum Gasteiger partial charge on any atom is 0.127 e. The van der Waals surface area contributed by atoms with Crippen LogP contribution in [0.1, 0.15) is 29.9 Å². The Balaban J connectivity index is 2.45. The minimum absolute atomic E-state index is 0.0829. The van der Waals surface area contributed by atoms with Crippen LogP contribution in [-0.2, 0) is 6.54 Å². The van der Waals surface area contributed by atoms with Crippen LogP contribution in [0.3, 0.4) is 0 Å². The summed E-state index contributed by atoms with van der Waals surface area (Å²) < 4.78 is 13.3. The predicted molar refractivity (Wildman–Crippen MR) is 46.3 cm³/mol. The highest BCUT2D eigenvalue weighted by molar-refractivity contribution is 5.34. The van der Waals surface area contributed by atoms with E-state index in [0.717, 1.165) is 24.0 Å². The summed E-state index contributed by atoms with van der Waals surface area (Å²) in [6.45, 7) is 0.448. The number of hydrogen-bond donors (Lipinski definition) is 1. The van der Waals surface area contributed by atoms with Crippen molar-refractivity contribution in [3.05, 3.63) is 35.1 Å². The molecule has 0 spiro atoms. The SMILES string of the molecule is NCc1cccc(F)c1C1CC1. The van der Waals surface area contributed by atoms with Crippen LogP contribution >= 0.6 is 0 Å². The van der Waals surface area contributed by atoms with Gasteiger partial charge in [0.05, 0.1) is 0 Å². The molecule has 1 aromatic rings. The van der Waals surface area contributed by atoms with Crippen molar-refractivity contribution in [1.82, 2.24) is 0 Å². The molecule has 2 N–H and O–H groups in total. The Bertz CT molecular complexity index is 292. The quantitative estimate of drug-likeness (QED) is 0.714. The number of hydrogen-bond acceptors (Lipinski definition) is 1. The standard InChI is InChI=1S/C10H12FN/c11-9-3-1-2-8(6-12)10(9)7-4-5-7/h1-3,7H,4-6,12H2. The fourth-order valence-corrected chi connectivity index (χ4v) is 1.59. The largest absolute Gasteiger partial charge is 0.326 e. The molecular formula is C10H12FN. The predicted octanol–water partition coefficient (Wildman–Crippen LogP) is 2.16. The van der Waals surface area contributed by atoms with Crippen molar-refractivity contribution in [2.24, 2.45) is 5.73 Å². The molecule has 0 radical (unpaired) electrons. The lowest BCUT2D eigenvalue weighted by Crippen LogP contribution is -2.02. The normalized spacial score (nSPS) is 16.5. The van der Waals surface area contributed by atoms with E-state index in [2.05, 4.69) is 0 Å². The van der Waals surface area contributed by atoms with Gasteiger partial charge in [-0.3, -0.25) is 0 Å². The zero-order chi connectivity index (χ0) is 8.55. The van der Waals surface area contributed by atoms with Crippen LogP contribution in [0.25, 0.3) is 0 Å². The van der Waals surface area contributed by atoms with E-state index in [9.17, 15) is 4.39 Å². The highest BCUT2D eigenvalue weighted by Crippen LogP contribution is 2.42. The third-order valence-corrected chi connectivity index (χ3v) is 2.35. The molecule has 2 rings (SSSR count). The van der Waals surface area contributed by atoms with Gasteiger partial charge in [0.2, 0.25) is 0 Å². The molecule has 12 heavy (non-hydrogen) atoms. The highest BCUT2D eigenvalue weighted by atomic mass is 19.1. The highest BCUT2D eigenvalue weighted by Gasteiger charge is 2.28. The Morgan fingerprint density at radius 1 is 1.42 bits per heavy atom. The molecule has 0 aliphatic heterocycles. The molecule has 2 heteroatoms. The van der Waals surface area contributed by atoms with E-state index in [4.69, 9.17) is 5.73 Å². The lowest BCUT2D eigenvalue weighted by Gasteiger charge is -2.06. The number of rotatable bonds is 2. The van der Waals surface area contributed by atoms with Gasteiger partial charge in [-0.2, -0.15) is 0 Å². The zero-order valence-electron chi connectivity index (χ0n) is 6.89. The topological polar surface area (TPSA) is 26.0 Å². The minimum atomic E-state index is -0.0829. The molecule has 0 bridgehead atoms. The van der Waals surface area contributed by atoms with E-state index < -0.39 is 0 Å². The molecule has 1 saturated carbocycles. The second kappa shape index (κ2) is 2.87. The zero-order valence-corrected chi connectivity index (χ0v) is 6.89. The summed E-state index contributed by atoms with van der Waals surface area (Å²) in [6.07, 6.45) is 2.24. The van der Waals surface area contributed by atoms with Crippen molar-refractivity contribution in [1.29, 1.82) is 0 Å². The monoisotopic (exact) mass is 165 g/mol. The molecule has 1 aliphatic carbocycles. The summed E-state index contributed by atoms with van der Waals surface area (Å²) in [7, 11) is 0. The molecule has 64 valence electrons. The Morgan fingerprint density at radius 3 is 2.75 bits per heavy atom. The van der Waals surface area contributed by atoms with Crippen LogP contribution in [0.4, 0.5) is 4.39 Å². The second-order valence-corrected chi connectivity index (χ2v) is 3.29. The fourth-order valence-electron chi connectivity index (χ4n) is 1.59. The maximum atomic E-state index is 13.3. The van der Waals surface area contributed by atoms with Gasteiger partial charge in [0.25, 0.3) is 0 Å². The third-order valence-electron chi connectivity index (χ3n) is 2.35. The molecule has 0 atom stereocenters. The van der Waals surface area contributed by atoms with Gasteiger partial charge in [-0.1, -0.05) is 12.1 Å². The van der Waals surface area contributed by atoms with Crippen molar-refractivity contribution in [2.45, 2.75) is 25.3 Å². The smallest absolute Gasteiger partial charge is 0.127 e. The minimum Gasteiger partial charge on any atom is -0.326 e. The average Bonchev–Trinajstić information content (AvgIpc) is 2.87. The van der Waals surface area contributed by atoms with E-state index in [1.165, 1.54) is 6.07 Å². The van der Waals surface area contributed by atoms with Crippen molar-refractivity contribution in [3.8, 4) is 0 Å². The Morgan fingerprint density at radius 2 is 2.17 bits per heavy atom. The molecule has 0 amide bonds. The van der Waals surface area contributed by atoms with Crippen LogP contribution in [0.15, 0.2) is 18.2 Å². The molecule has 1 nitrogen and oxygen atoms in total. The fraction of sp³-hybridized carbons (Fsp3) is 0.400. The van der Waals surface area contributed by atoms with Gasteiger partial charge in [-0.05, 0) is 36.0 Å². The van der Waals surface area contributed by atoms with Gasteiger partial charge in [0.15, 0.2) is 0 Å². The van der Waals surface area contributed by atoms with Crippen molar-refractivity contribution < 1.29 is 4.39 Å². The van der Waals surface area contributed by atoms with Crippen molar-refractivity contribution in [3.63, 3.8) is 0 Å². The van der Waals surface area contributed by atoms with Gasteiger partial charge in [0.1, 0.15) is 5.82 Å². The van der Waals surface area contributed by atoms with Crippen LogP contribution < -0.4 is 5.73 Å². The molecule has 0 unspecified atom stereocenters. The third kappa shape index (κ3) is 1.23. The second-order valence-electron chi connectivity index (χ2n) is 3.29. The van der Waals surface area contributed by atoms with Crippen LogP contribution in [0.5, 0.6) is 0 Å². The molecule has 0 aromatic heterocycles. The molecule has 1 aromatic carbocycles. The van der Waals surface area contributed by atoms with Gasteiger partial charge in [-0.25, -0.2) is 4.39 Å². The first-order valence-electron chi connectivity index (χ1n) is 4.30. The van der Waals surface area contributed by atoms with E-state index in [1.54, 1.807) is 6.07 Å². The number of halogens is 1. The maximum absolute atomic E-state index is 13.3. The first-order chi connectivity index (χ1) is 5.83. The summed E-state index contributed by atoms with van der Waals surface area (Å²) in [5, 5.41) is 0. The van der Waals surface area contributed by atoms with Crippen LogP contribution in [0.2, 0.25) is 0 Å². The summed E-state index contributed by atoms with van der Waals surface area (Å²) >= 11 is 0. The summed E-state index contributed by atoms with van der Waals surface area (Å²) in [6, 6.07) is 5.16. The summed E-state index contributed by atoms with van der Waals surface area (Å²) in [5.74, 6) is 0.366. The van der Waals surface area contributed by atoms with Crippen LogP contribution in [-0.4, -0.2) is 0 Å². The van der Waals surface area contributed by atoms with E-state index in [-0.39, 0.29) is 5.82 Å². The Kier molecular flexibility index (Phi) is 1.85. The first kappa shape index (κ1) is 7.74. The van der Waals surface area contributed by atoms with E-state index in [0.29, 0.717) is 12.5 Å². The Hall–Kier alpha value is -0.890. The molecule has 1 fully saturated rings. The molecular weight excluding hydrogens is 153 g/mol. The molecule has 1 aliphatic rings. The lowest BCUT2D eigenvalue weighted by molar-refractivity contribution is 0.607. The van der Waals surface area contributed by atoms with Gasteiger partial charge in [-0.15, -0.1) is 0 Å². The Labute approximate surface area is 71.4 Å². The first-order valence-corrected chi connectivity index (χ1v) is 4.30. The number of nitrogens with two attached hydrogens (primary N) is 1. The van der Waals surface area contributed by atoms with Crippen LogP contribution in [0, 0.1) is 5.82 Å². The molecule has 0 saturated heterocycles. The van der Waals surface area contributed by atoms with E-state index >= 15 is 0 Å².